The highest BCUT2D eigenvalue weighted by molar-refractivity contribution is 5.31. The number of nitrogens with one attached hydrogen (secondary N) is 1. The van der Waals surface area contributed by atoms with Gasteiger partial charge >= 0.3 is 0 Å². The van der Waals surface area contributed by atoms with Gasteiger partial charge in [0.2, 0.25) is 0 Å². The Morgan fingerprint density at radius 3 is 2.65 bits per heavy atom. The van der Waals surface area contributed by atoms with E-state index < -0.39 is 0 Å². The zero-order valence-electron chi connectivity index (χ0n) is 13.3. The summed E-state index contributed by atoms with van der Waals surface area (Å²) < 4.78 is 10.9. The van der Waals surface area contributed by atoms with Crippen molar-refractivity contribution in [1.29, 1.82) is 0 Å². The number of hydrogen-bond acceptors (Lipinski definition) is 3. The van der Waals surface area contributed by atoms with Crippen LogP contribution in [0.25, 0.3) is 0 Å². The Hall–Kier alpha value is -1.06. The standard InChI is InChI=1S/C17H29NO2/c1-5-11-20-16-9-7-8-15(13-16)17(18-6-2)14(3)10-12-19-4/h7-9,13-14,17-18H,5-6,10-12H2,1-4H3. The first-order valence-corrected chi connectivity index (χ1v) is 7.68. The van der Waals surface area contributed by atoms with Crippen LogP contribution >= 0.6 is 0 Å². The van der Waals surface area contributed by atoms with E-state index in [2.05, 4.69) is 44.3 Å². The Morgan fingerprint density at radius 2 is 2.00 bits per heavy atom. The van der Waals surface area contributed by atoms with E-state index in [1.807, 2.05) is 6.07 Å². The first-order valence-electron chi connectivity index (χ1n) is 7.68. The Labute approximate surface area is 123 Å². The first-order chi connectivity index (χ1) is 9.72. The van der Waals surface area contributed by atoms with Crippen molar-refractivity contribution in [2.75, 3.05) is 26.9 Å². The number of benzene rings is 1. The summed E-state index contributed by atoms with van der Waals surface area (Å²) in [6.45, 7) is 9.07. The molecule has 0 aliphatic heterocycles. The highest BCUT2D eigenvalue weighted by Crippen LogP contribution is 2.27. The molecule has 2 unspecified atom stereocenters. The lowest BCUT2D eigenvalue weighted by molar-refractivity contribution is 0.170. The van der Waals surface area contributed by atoms with E-state index in [-0.39, 0.29) is 0 Å². The van der Waals surface area contributed by atoms with Gasteiger partial charge in [0.15, 0.2) is 0 Å². The van der Waals surface area contributed by atoms with E-state index in [4.69, 9.17) is 9.47 Å². The maximum atomic E-state index is 5.73. The summed E-state index contributed by atoms with van der Waals surface area (Å²) in [4.78, 5) is 0. The lowest BCUT2D eigenvalue weighted by Gasteiger charge is -2.25. The fourth-order valence-corrected chi connectivity index (χ4v) is 2.36. The smallest absolute Gasteiger partial charge is 0.119 e. The van der Waals surface area contributed by atoms with Crippen LogP contribution in [0, 0.1) is 5.92 Å². The van der Waals surface area contributed by atoms with Crippen LogP contribution in [0.15, 0.2) is 24.3 Å². The molecule has 0 fully saturated rings. The van der Waals surface area contributed by atoms with Gasteiger partial charge in [-0.1, -0.05) is 32.9 Å². The third-order valence-corrected chi connectivity index (χ3v) is 3.46. The zero-order valence-corrected chi connectivity index (χ0v) is 13.3. The molecule has 0 amide bonds. The molecule has 0 spiro atoms. The van der Waals surface area contributed by atoms with Crippen molar-refractivity contribution in [2.24, 2.45) is 5.92 Å². The molecule has 0 aliphatic rings. The summed E-state index contributed by atoms with van der Waals surface area (Å²) in [5.74, 6) is 1.49. The van der Waals surface area contributed by atoms with Gasteiger partial charge in [0.1, 0.15) is 5.75 Å². The maximum absolute atomic E-state index is 5.73. The molecule has 0 radical (unpaired) electrons. The molecule has 0 aromatic heterocycles. The van der Waals surface area contributed by atoms with E-state index in [0.717, 1.165) is 38.3 Å². The molecule has 3 nitrogen and oxygen atoms in total. The van der Waals surface area contributed by atoms with Crippen molar-refractivity contribution >= 4 is 0 Å². The van der Waals surface area contributed by atoms with Gasteiger partial charge in [-0.3, -0.25) is 0 Å². The van der Waals surface area contributed by atoms with Crippen LogP contribution in [0.5, 0.6) is 5.75 Å². The quantitative estimate of drug-likeness (QED) is 0.706. The highest BCUT2D eigenvalue weighted by Gasteiger charge is 2.18. The number of rotatable bonds is 10. The maximum Gasteiger partial charge on any atom is 0.119 e. The normalized spacial score (nSPS) is 14.0. The Morgan fingerprint density at radius 1 is 1.20 bits per heavy atom. The molecule has 0 saturated heterocycles. The SMILES string of the molecule is CCCOc1cccc(C(NCC)C(C)CCOC)c1. The molecule has 3 heteroatoms. The Balaban J connectivity index is 2.79. The van der Waals surface area contributed by atoms with Crippen LogP contribution in [0.2, 0.25) is 0 Å². The third-order valence-electron chi connectivity index (χ3n) is 3.46. The fourth-order valence-electron chi connectivity index (χ4n) is 2.36. The summed E-state index contributed by atoms with van der Waals surface area (Å²) >= 11 is 0. The van der Waals surface area contributed by atoms with Gasteiger partial charge in [-0.05, 0) is 43.0 Å². The minimum atomic E-state index is 0.348. The first kappa shape index (κ1) is 17.0. The van der Waals surface area contributed by atoms with E-state index >= 15 is 0 Å². The minimum absolute atomic E-state index is 0.348. The van der Waals surface area contributed by atoms with E-state index in [0.29, 0.717) is 12.0 Å². The lowest BCUT2D eigenvalue weighted by atomic mass is 9.92. The van der Waals surface area contributed by atoms with Crippen LogP contribution < -0.4 is 10.1 Å². The van der Waals surface area contributed by atoms with Crippen molar-refractivity contribution < 1.29 is 9.47 Å². The van der Waals surface area contributed by atoms with Crippen molar-refractivity contribution in [2.45, 2.75) is 39.7 Å². The number of hydrogen-bond donors (Lipinski definition) is 1. The summed E-state index contributed by atoms with van der Waals surface area (Å²) in [6, 6.07) is 8.79. The second-order valence-electron chi connectivity index (χ2n) is 5.22. The van der Waals surface area contributed by atoms with Crippen molar-refractivity contribution in [1.82, 2.24) is 5.32 Å². The van der Waals surface area contributed by atoms with E-state index in [1.54, 1.807) is 7.11 Å². The predicted molar refractivity (Wildman–Crippen MR) is 84.3 cm³/mol. The molecular formula is C17H29NO2. The predicted octanol–water partition coefficient (Wildman–Crippen LogP) is 3.80. The molecule has 0 saturated carbocycles. The number of methoxy groups -OCH3 is 1. The molecule has 114 valence electrons. The molecule has 0 aliphatic carbocycles. The van der Waals surface area contributed by atoms with Crippen molar-refractivity contribution in [3.05, 3.63) is 29.8 Å². The largest absolute Gasteiger partial charge is 0.494 e. The number of ether oxygens (including phenoxy) is 2. The van der Waals surface area contributed by atoms with Gasteiger partial charge in [-0.2, -0.15) is 0 Å². The van der Waals surface area contributed by atoms with E-state index in [1.165, 1.54) is 5.56 Å². The van der Waals surface area contributed by atoms with Gasteiger partial charge in [-0.25, -0.2) is 0 Å². The van der Waals surface area contributed by atoms with Crippen LogP contribution in [0.1, 0.15) is 45.2 Å². The topological polar surface area (TPSA) is 30.5 Å². The molecular weight excluding hydrogens is 250 g/mol. The molecule has 0 heterocycles. The molecule has 20 heavy (non-hydrogen) atoms. The average Bonchev–Trinajstić information content (AvgIpc) is 2.48. The second-order valence-corrected chi connectivity index (χ2v) is 5.22. The lowest BCUT2D eigenvalue weighted by Crippen LogP contribution is -2.27. The zero-order chi connectivity index (χ0) is 14.8. The Kier molecular flexibility index (Phi) is 8.31. The highest BCUT2D eigenvalue weighted by atomic mass is 16.5. The molecule has 1 aromatic rings. The van der Waals surface area contributed by atoms with Crippen LogP contribution in [-0.2, 0) is 4.74 Å². The second kappa shape index (κ2) is 9.78. The summed E-state index contributed by atoms with van der Waals surface area (Å²) in [6.07, 6.45) is 2.08. The molecule has 2 atom stereocenters. The third kappa shape index (κ3) is 5.51. The van der Waals surface area contributed by atoms with Gasteiger partial charge in [0.05, 0.1) is 6.61 Å². The average molecular weight is 279 g/mol. The van der Waals surface area contributed by atoms with Crippen LogP contribution in [-0.4, -0.2) is 26.9 Å². The molecule has 1 rings (SSSR count). The summed E-state index contributed by atoms with van der Waals surface area (Å²) in [7, 11) is 1.76. The summed E-state index contributed by atoms with van der Waals surface area (Å²) in [5, 5.41) is 3.58. The minimum Gasteiger partial charge on any atom is -0.494 e. The van der Waals surface area contributed by atoms with Gasteiger partial charge in [0, 0.05) is 19.8 Å². The Bertz CT molecular complexity index is 368. The van der Waals surface area contributed by atoms with E-state index in [9.17, 15) is 0 Å². The molecule has 1 aromatic carbocycles. The van der Waals surface area contributed by atoms with Gasteiger partial charge < -0.3 is 14.8 Å². The fraction of sp³-hybridized carbons (Fsp3) is 0.647. The van der Waals surface area contributed by atoms with Crippen molar-refractivity contribution in [3.8, 4) is 5.75 Å². The van der Waals surface area contributed by atoms with Gasteiger partial charge in [-0.15, -0.1) is 0 Å². The van der Waals surface area contributed by atoms with Crippen LogP contribution in [0.4, 0.5) is 0 Å². The van der Waals surface area contributed by atoms with Crippen LogP contribution in [0.3, 0.4) is 0 Å². The van der Waals surface area contributed by atoms with Gasteiger partial charge in [0.25, 0.3) is 0 Å². The van der Waals surface area contributed by atoms with Crippen molar-refractivity contribution in [3.63, 3.8) is 0 Å². The molecule has 0 bridgehead atoms. The molecule has 1 N–H and O–H groups in total. The monoisotopic (exact) mass is 279 g/mol. The summed E-state index contributed by atoms with van der Waals surface area (Å²) in [5.41, 5.74) is 1.30.